The van der Waals surface area contributed by atoms with Crippen LogP contribution in [0.3, 0.4) is 0 Å². The van der Waals surface area contributed by atoms with Gasteiger partial charge in [-0.25, -0.2) is 0 Å². The molecule has 0 fully saturated rings. The maximum atomic E-state index is 12.1. The fourth-order valence-corrected chi connectivity index (χ4v) is 1.67. The summed E-state index contributed by atoms with van der Waals surface area (Å²) in [7, 11) is -2.18. The van der Waals surface area contributed by atoms with Gasteiger partial charge in [0, 0.05) is 0 Å². The van der Waals surface area contributed by atoms with Crippen molar-refractivity contribution >= 4 is 37.3 Å². The Kier molecular flexibility index (Phi) is 3.92. The van der Waals surface area contributed by atoms with Gasteiger partial charge in [0.25, 0.3) is 10.2 Å². The van der Waals surface area contributed by atoms with Crippen molar-refractivity contribution in [2.24, 2.45) is 0 Å². The van der Waals surface area contributed by atoms with E-state index < -0.39 is 24.7 Å². The summed E-state index contributed by atoms with van der Waals surface area (Å²) in [6, 6.07) is 0. The molecule has 1 amide bonds. The topological polar surface area (TPSA) is 29.1 Å². The zero-order chi connectivity index (χ0) is 11.8. The second kappa shape index (κ2) is 3.90. The number of rotatable bonds is 2. The largest absolute Gasteiger partial charge is 0.430 e. The van der Waals surface area contributed by atoms with E-state index in [4.69, 9.17) is 23.2 Å². The summed E-state index contributed by atoms with van der Waals surface area (Å²) >= 11 is 9.84. The number of nitrogens with one attached hydrogen (secondary N) is 1. The number of hydrogen-bond donors (Lipinski definition) is 1. The fraction of sp³-hybridized carbons (Fsp3) is 0.833. The lowest BCUT2D eigenvalue weighted by Crippen LogP contribution is -2.56. The minimum atomic E-state index is -4.97. The van der Waals surface area contributed by atoms with Gasteiger partial charge in [0.2, 0.25) is 0 Å². The molecule has 0 aromatic carbocycles. The van der Waals surface area contributed by atoms with E-state index in [1.807, 2.05) is 0 Å². The monoisotopic (exact) mass is 267 g/mol. The fourth-order valence-electron chi connectivity index (χ4n) is 0.548. The van der Waals surface area contributed by atoms with Gasteiger partial charge in [-0.2, -0.15) is 13.2 Å². The van der Waals surface area contributed by atoms with Crippen LogP contribution >= 0.6 is 23.2 Å². The van der Waals surface area contributed by atoms with Crippen molar-refractivity contribution in [1.29, 1.82) is 0 Å². The van der Waals surface area contributed by atoms with Gasteiger partial charge < -0.3 is 4.98 Å². The summed E-state index contributed by atoms with van der Waals surface area (Å²) in [5.74, 6) is -1.41. The second-order valence-electron chi connectivity index (χ2n) is 3.78. The first-order valence-corrected chi connectivity index (χ1v) is 7.90. The first-order valence-electron chi connectivity index (χ1n) is 3.65. The normalized spacial score (nSPS) is 14.0. The quantitative estimate of drug-likeness (QED) is 0.605. The van der Waals surface area contributed by atoms with Gasteiger partial charge in [0.05, 0.1) is 0 Å². The molecular formula is C6H10Cl2F3NOSi. The van der Waals surface area contributed by atoms with E-state index >= 15 is 0 Å². The van der Waals surface area contributed by atoms with Crippen molar-refractivity contribution in [1.82, 2.24) is 4.98 Å². The van der Waals surface area contributed by atoms with Crippen LogP contribution in [0, 0.1) is 0 Å². The molecule has 0 rings (SSSR count). The predicted molar refractivity (Wildman–Crippen MR) is 52.0 cm³/mol. The van der Waals surface area contributed by atoms with E-state index in [2.05, 4.69) is 4.98 Å². The van der Waals surface area contributed by atoms with Crippen molar-refractivity contribution in [3.63, 3.8) is 0 Å². The average Bonchev–Trinajstić information content (AvgIpc) is 1.80. The van der Waals surface area contributed by atoms with Crippen molar-refractivity contribution < 1.29 is 18.0 Å². The molecule has 0 aliphatic carbocycles. The Hall–Kier alpha value is 0.0569. The molecule has 0 heterocycles. The number of carbonyl (C=O) groups is 1. The molecule has 0 radical (unpaired) electrons. The molecule has 1 N–H and O–H groups in total. The van der Waals surface area contributed by atoms with Crippen molar-refractivity contribution in [3.8, 4) is 0 Å². The minimum absolute atomic E-state index is 1.41. The van der Waals surface area contributed by atoms with E-state index in [1.165, 1.54) is 0 Å². The SMILES string of the molecule is C[Si](C)(C)NC(=O)C(Cl)(Cl)C(F)(F)F. The van der Waals surface area contributed by atoms with Gasteiger partial charge in [-0.1, -0.05) is 42.8 Å². The van der Waals surface area contributed by atoms with Crippen LogP contribution in [0.1, 0.15) is 0 Å². The standard InChI is InChI=1S/C6H10Cl2F3NOSi/c1-14(2,3)12-4(13)5(7,8)6(9,10)11/h1-3H3,(H,12,13). The summed E-state index contributed by atoms with van der Waals surface area (Å²) in [4.78, 5) is 13.2. The van der Waals surface area contributed by atoms with E-state index in [9.17, 15) is 18.0 Å². The molecule has 0 aliphatic rings. The third-order valence-corrected chi connectivity index (χ3v) is 2.88. The maximum absolute atomic E-state index is 12.1. The smallest absolute Gasteiger partial charge is 0.379 e. The molecule has 0 saturated carbocycles. The zero-order valence-corrected chi connectivity index (χ0v) is 10.3. The molecule has 14 heavy (non-hydrogen) atoms. The first kappa shape index (κ1) is 14.1. The Bertz CT molecular complexity index is 236. The highest BCUT2D eigenvalue weighted by Crippen LogP contribution is 2.40. The third kappa shape index (κ3) is 3.66. The molecule has 0 bridgehead atoms. The van der Waals surface area contributed by atoms with Gasteiger partial charge in [-0.05, 0) is 0 Å². The lowest BCUT2D eigenvalue weighted by Gasteiger charge is -2.26. The van der Waals surface area contributed by atoms with Crippen LogP contribution in [0.2, 0.25) is 19.6 Å². The average molecular weight is 268 g/mol. The number of hydrogen-bond acceptors (Lipinski definition) is 1. The Morgan fingerprint density at radius 3 is 1.79 bits per heavy atom. The van der Waals surface area contributed by atoms with Crippen LogP contribution in [0.25, 0.3) is 0 Å². The van der Waals surface area contributed by atoms with E-state index in [1.54, 1.807) is 19.6 Å². The van der Waals surface area contributed by atoms with Crippen LogP contribution in [-0.2, 0) is 4.79 Å². The number of halogens is 5. The van der Waals surface area contributed by atoms with E-state index in [0.717, 1.165) is 0 Å². The zero-order valence-electron chi connectivity index (χ0n) is 7.80. The molecular weight excluding hydrogens is 258 g/mol. The molecule has 0 saturated heterocycles. The van der Waals surface area contributed by atoms with Gasteiger partial charge in [-0.15, -0.1) is 0 Å². The van der Waals surface area contributed by atoms with E-state index in [-0.39, 0.29) is 0 Å². The Morgan fingerprint density at radius 2 is 1.57 bits per heavy atom. The lowest BCUT2D eigenvalue weighted by molar-refractivity contribution is -0.157. The highest BCUT2D eigenvalue weighted by molar-refractivity contribution is 6.77. The highest BCUT2D eigenvalue weighted by atomic mass is 35.5. The lowest BCUT2D eigenvalue weighted by atomic mass is 10.4. The summed E-state index contributed by atoms with van der Waals surface area (Å²) in [5.41, 5.74) is 0. The van der Waals surface area contributed by atoms with Crippen molar-refractivity contribution in [2.75, 3.05) is 0 Å². The first-order chi connectivity index (χ1) is 5.88. The van der Waals surface area contributed by atoms with Crippen LogP contribution in [0.15, 0.2) is 0 Å². The number of carbonyl (C=O) groups excluding carboxylic acids is 1. The molecule has 0 aliphatic heterocycles. The van der Waals surface area contributed by atoms with Crippen LogP contribution in [-0.4, -0.2) is 24.7 Å². The molecule has 8 heteroatoms. The molecule has 0 spiro atoms. The highest BCUT2D eigenvalue weighted by Gasteiger charge is 2.58. The van der Waals surface area contributed by atoms with Crippen molar-refractivity contribution in [2.45, 2.75) is 30.2 Å². The van der Waals surface area contributed by atoms with Gasteiger partial charge in [-0.3, -0.25) is 4.79 Å². The van der Waals surface area contributed by atoms with Crippen molar-refractivity contribution in [3.05, 3.63) is 0 Å². The van der Waals surface area contributed by atoms with E-state index in [0.29, 0.717) is 0 Å². The third-order valence-electron chi connectivity index (χ3n) is 1.13. The minimum Gasteiger partial charge on any atom is -0.379 e. The molecule has 0 unspecified atom stereocenters. The second-order valence-corrected chi connectivity index (χ2v) is 9.85. The Morgan fingerprint density at radius 1 is 1.21 bits per heavy atom. The summed E-state index contributed by atoms with van der Waals surface area (Å²) < 4.78 is 33.1. The van der Waals surface area contributed by atoms with Crippen LogP contribution in [0.5, 0.6) is 0 Å². The maximum Gasteiger partial charge on any atom is 0.430 e. The van der Waals surface area contributed by atoms with Crippen LogP contribution < -0.4 is 4.98 Å². The molecule has 0 aromatic heterocycles. The van der Waals surface area contributed by atoms with Gasteiger partial charge in [0.15, 0.2) is 0 Å². The molecule has 2 nitrogen and oxygen atoms in total. The summed E-state index contributed by atoms with van der Waals surface area (Å²) in [5, 5.41) is 0. The number of amides is 1. The molecule has 0 aromatic rings. The molecule has 0 atom stereocenters. The Labute approximate surface area is 90.8 Å². The summed E-state index contributed by atoms with van der Waals surface area (Å²) in [6.07, 6.45) is -4.97. The van der Waals surface area contributed by atoms with Gasteiger partial charge in [0.1, 0.15) is 8.24 Å². The van der Waals surface area contributed by atoms with Gasteiger partial charge >= 0.3 is 6.18 Å². The summed E-state index contributed by atoms with van der Waals surface area (Å²) in [6.45, 7) is 4.97. The molecule has 84 valence electrons. The predicted octanol–water partition coefficient (Wildman–Crippen LogP) is 2.67. The Balaban J connectivity index is 4.70. The van der Waals surface area contributed by atoms with Crippen LogP contribution in [0.4, 0.5) is 13.2 Å². The number of alkyl halides is 5.